The van der Waals surface area contributed by atoms with Crippen molar-refractivity contribution in [3.8, 4) is 0 Å². The molecule has 212 valence electrons. The molecule has 0 rings (SSSR count). The van der Waals surface area contributed by atoms with Gasteiger partial charge in [-0.25, -0.2) is 0 Å². The number of unbranched alkanes of at least 4 members (excludes halogenated alkanes) is 4. The van der Waals surface area contributed by atoms with Gasteiger partial charge in [0.1, 0.15) is 11.9 Å². The fourth-order valence-corrected chi connectivity index (χ4v) is 3.69. The smallest absolute Gasteiger partial charge is 0.332 e. The molecule has 0 saturated carbocycles. The van der Waals surface area contributed by atoms with Gasteiger partial charge in [0.2, 0.25) is 0 Å². The van der Waals surface area contributed by atoms with Crippen LogP contribution in [0.25, 0.3) is 0 Å². The van der Waals surface area contributed by atoms with Crippen molar-refractivity contribution in [2.45, 2.75) is 90.2 Å². The summed E-state index contributed by atoms with van der Waals surface area (Å²) in [5, 5.41) is 9.45. The van der Waals surface area contributed by atoms with Gasteiger partial charge in [-0.2, -0.15) is 0 Å². The topological polar surface area (TPSA) is 117 Å². The molecule has 3 atom stereocenters. The Bertz CT molecular complexity index is 694. The van der Waals surface area contributed by atoms with E-state index in [1.165, 1.54) is 39.7 Å². The van der Waals surface area contributed by atoms with Crippen molar-refractivity contribution >= 4 is 20.4 Å². The summed E-state index contributed by atoms with van der Waals surface area (Å²) in [6.45, 7) is 3.07. The molecule has 3 unspecified atom stereocenters. The Morgan fingerprint density at radius 3 is 1.92 bits per heavy atom. The van der Waals surface area contributed by atoms with E-state index in [4.69, 9.17) is 24.0 Å². The van der Waals surface area contributed by atoms with E-state index in [-0.39, 0.29) is 32.0 Å². The lowest BCUT2D eigenvalue weighted by atomic mass is 10.2. The molecule has 0 aliphatic heterocycles. The first-order valence-electron chi connectivity index (χ1n) is 13.2. The molecule has 0 amide bonds. The first-order valence-corrected chi connectivity index (χ1v) is 14.3. The van der Waals surface area contributed by atoms with Crippen molar-refractivity contribution in [3.63, 3.8) is 0 Å². The van der Waals surface area contributed by atoms with Crippen LogP contribution in [0.1, 0.15) is 78.1 Å². The van der Waals surface area contributed by atoms with Crippen LogP contribution in [0.3, 0.4) is 0 Å². The second kappa shape index (κ2) is 26.0. The Kier molecular flexibility index (Phi) is 24.8. The van der Waals surface area contributed by atoms with E-state index in [9.17, 15) is 14.7 Å². The molecule has 0 bridgehead atoms. The number of hydrogen-bond acceptors (Lipinski definition) is 8. The van der Waals surface area contributed by atoms with Crippen molar-refractivity contribution in [2.24, 2.45) is 5.73 Å². The van der Waals surface area contributed by atoms with Gasteiger partial charge in [0.15, 0.2) is 0 Å². The number of carbonyl (C=O) groups excluding carboxylic acids is 2. The average Bonchev–Trinajstić information content (AvgIpc) is 2.89. The van der Waals surface area contributed by atoms with Gasteiger partial charge in [-0.3, -0.25) is 9.59 Å². The summed E-state index contributed by atoms with van der Waals surface area (Å²) in [5.41, 5.74) is 5.61. The average molecular weight is 542 g/mol. The molecule has 9 heteroatoms. The lowest BCUT2D eigenvalue weighted by Gasteiger charge is -2.20. The van der Waals surface area contributed by atoms with Gasteiger partial charge in [-0.05, 0) is 51.9 Å². The molecular weight excluding hydrogens is 493 g/mol. The summed E-state index contributed by atoms with van der Waals surface area (Å²) >= 11 is 0. The Morgan fingerprint density at radius 1 is 0.865 bits per heavy atom. The summed E-state index contributed by atoms with van der Waals surface area (Å²) in [7, 11) is -0.375. The molecule has 0 aromatic rings. The van der Waals surface area contributed by atoms with E-state index >= 15 is 0 Å². The Balaban J connectivity index is 3.91. The summed E-state index contributed by atoms with van der Waals surface area (Å²) in [5.74, 6) is -0.612. The van der Waals surface area contributed by atoms with Crippen molar-refractivity contribution < 1.29 is 33.0 Å². The number of allylic oxidation sites excluding steroid dienone is 8. The summed E-state index contributed by atoms with van der Waals surface area (Å²) in [4.78, 5) is 23.2. The number of ketones is 1. The molecule has 37 heavy (non-hydrogen) atoms. The van der Waals surface area contributed by atoms with Crippen molar-refractivity contribution in [1.29, 1.82) is 0 Å². The number of hydrogen-bond donors (Lipinski definition) is 2. The number of ether oxygens (including phenoxy) is 1. The van der Waals surface area contributed by atoms with Gasteiger partial charge in [0.05, 0.1) is 25.9 Å². The normalized spacial score (nSPS) is 14.7. The van der Waals surface area contributed by atoms with Crippen LogP contribution in [0.2, 0.25) is 0 Å². The highest BCUT2D eigenvalue weighted by Gasteiger charge is 2.20. The van der Waals surface area contributed by atoms with E-state index in [1.807, 2.05) is 0 Å². The SMILES string of the molecule is CCCCC/C=C\C/C=C\C/C=C\C/C=C\CCCC(=O)OC(CO)COP(OC)OCC(N)C(C)=O. The van der Waals surface area contributed by atoms with E-state index in [0.29, 0.717) is 6.42 Å². The molecule has 0 aliphatic rings. The molecule has 0 aliphatic carbocycles. The van der Waals surface area contributed by atoms with E-state index in [2.05, 4.69) is 55.5 Å². The van der Waals surface area contributed by atoms with Gasteiger partial charge >= 0.3 is 14.6 Å². The number of Topliss-reactive ketones (excluding diaryl/α,β-unsaturated/α-hetero) is 1. The van der Waals surface area contributed by atoms with Gasteiger partial charge < -0.3 is 29.1 Å². The molecule has 0 aromatic carbocycles. The maximum Gasteiger partial charge on any atom is 0.332 e. The highest BCUT2D eigenvalue weighted by Crippen LogP contribution is 2.38. The largest absolute Gasteiger partial charge is 0.457 e. The minimum Gasteiger partial charge on any atom is -0.457 e. The number of aliphatic hydroxyl groups excluding tert-OH is 1. The maximum absolute atomic E-state index is 12.0. The van der Waals surface area contributed by atoms with E-state index < -0.39 is 26.7 Å². The zero-order chi connectivity index (χ0) is 27.6. The third-order valence-corrected chi connectivity index (χ3v) is 6.13. The highest BCUT2D eigenvalue weighted by atomic mass is 31.2. The van der Waals surface area contributed by atoms with Crippen molar-refractivity contribution in [2.75, 3.05) is 26.9 Å². The van der Waals surface area contributed by atoms with Crippen LogP contribution in [0.5, 0.6) is 0 Å². The van der Waals surface area contributed by atoms with Gasteiger partial charge in [0.25, 0.3) is 0 Å². The zero-order valence-corrected chi connectivity index (χ0v) is 23.8. The molecule has 0 spiro atoms. The summed E-state index contributed by atoms with van der Waals surface area (Å²) < 4.78 is 21.0. The van der Waals surface area contributed by atoms with Crippen LogP contribution in [-0.4, -0.2) is 55.9 Å². The third kappa shape index (κ3) is 23.2. The van der Waals surface area contributed by atoms with Crippen molar-refractivity contribution in [1.82, 2.24) is 0 Å². The number of carbonyl (C=O) groups is 2. The molecule has 0 heterocycles. The van der Waals surface area contributed by atoms with Crippen LogP contribution in [0.15, 0.2) is 48.6 Å². The Morgan fingerprint density at radius 2 is 1.41 bits per heavy atom. The second-order valence-electron chi connectivity index (χ2n) is 8.49. The monoisotopic (exact) mass is 541 g/mol. The fraction of sp³-hybridized carbons (Fsp3) is 0.643. The Labute approximate surface area is 225 Å². The number of esters is 1. The number of nitrogens with two attached hydrogens (primary N) is 1. The molecule has 8 nitrogen and oxygen atoms in total. The van der Waals surface area contributed by atoms with Crippen LogP contribution >= 0.6 is 8.60 Å². The molecule has 3 N–H and O–H groups in total. The van der Waals surface area contributed by atoms with Crippen LogP contribution in [-0.2, 0) is 27.9 Å². The minimum absolute atomic E-state index is 0.0457. The minimum atomic E-state index is -1.77. The van der Waals surface area contributed by atoms with E-state index in [0.717, 1.165) is 25.7 Å². The second-order valence-corrected chi connectivity index (χ2v) is 9.82. The Hall–Kier alpha value is -1.67. The molecule has 0 fully saturated rings. The zero-order valence-electron chi connectivity index (χ0n) is 22.9. The molecule has 0 saturated heterocycles. The van der Waals surface area contributed by atoms with Gasteiger partial charge in [0, 0.05) is 13.5 Å². The first kappa shape index (κ1) is 35.3. The first-order chi connectivity index (χ1) is 17.9. The lowest BCUT2D eigenvalue weighted by molar-refractivity contribution is -0.153. The maximum atomic E-state index is 12.0. The fourth-order valence-electron chi connectivity index (χ4n) is 2.84. The molecular formula is C28H48NO7P. The quantitative estimate of drug-likeness (QED) is 0.0675. The van der Waals surface area contributed by atoms with Gasteiger partial charge in [-0.15, -0.1) is 0 Å². The predicted octanol–water partition coefficient (Wildman–Crippen LogP) is 5.86. The van der Waals surface area contributed by atoms with Crippen LogP contribution in [0.4, 0.5) is 0 Å². The summed E-state index contributed by atoms with van der Waals surface area (Å²) in [6.07, 6.45) is 26.0. The number of rotatable bonds is 24. The van der Waals surface area contributed by atoms with Crippen LogP contribution < -0.4 is 5.73 Å². The van der Waals surface area contributed by atoms with Gasteiger partial charge in [-0.1, -0.05) is 68.4 Å². The van der Waals surface area contributed by atoms with Crippen LogP contribution in [0, 0.1) is 0 Å². The summed E-state index contributed by atoms with van der Waals surface area (Å²) in [6, 6.07) is -0.764. The molecule has 0 aromatic heterocycles. The lowest BCUT2D eigenvalue weighted by Crippen LogP contribution is -2.33. The van der Waals surface area contributed by atoms with E-state index in [1.54, 1.807) is 0 Å². The highest BCUT2D eigenvalue weighted by molar-refractivity contribution is 7.41. The standard InChI is InChI=1S/C28H48NO7P/c1-4-5-6-7-8-9-10-11-12-13-14-15-16-17-18-19-20-21-28(32)36-26(22-30)23-34-37(33-3)35-24-27(29)25(2)31/h8-9,11-12,14-15,17-18,26-27,30H,4-7,10,13,16,19-24,29H2,1-3H3/b9-8-,12-11-,15-14-,18-17-. The third-order valence-electron chi connectivity index (χ3n) is 5.11. The predicted molar refractivity (Wildman–Crippen MR) is 150 cm³/mol. The number of aliphatic hydroxyl groups is 1. The molecule has 0 radical (unpaired) electrons. The van der Waals surface area contributed by atoms with Crippen molar-refractivity contribution in [3.05, 3.63) is 48.6 Å².